The second kappa shape index (κ2) is 10.2. The molecule has 0 bridgehead atoms. The first-order chi connectivity index (χ1) is 14.9. The fourth-order valence-electron chi connectivity index (χ4n) is 4.03. The van der Waals surface area contributed by atoms with E-state index < -0.39 is 12.1 Å². The van der Waals surface area contributed by atoms with Crippen molar-refractivity contribution < 1.29 is 37.1 Å². The third-order valence-corrected chi connectivity index (χ3v) is 5.41. The number of carbonyl (C=O) groups is 3. The van der Waals surface area contributed by atoms with Crippen LogP contribution in [0.1, 0.15) is 19.1 Å². The highest BCUT2D eigenvalue weighted by molar-refractivity contribution is 5.80. The molecule has 0 radical (unpaired) electrons. The van der Waals surface area contributed by atoms with Crippen LogP contribution in [-0.2, 0) is 16.1 Å². The van der Waals surface area contributed by atoms with Gasteiger partial charge < -0.3 is 24.2 Å². The van der Waals surface area contributed by atoms with E-state index in [2.05, 4.69) is 4.90 Å². The molecule has 2 fully saturated rings. The van der Waals surface area contributed by atoms with Gasteiger partial charge in [0.2, 0.25) is 5.91 Å². The summed E-state index contributed by atoms with van der Waals surface area (Å²) in [6.07, 6.45) is -2.89. The molecule has 32 heavy (non-hydrogen) atoms. The summed E-state index contributed by atoms with van der Waals surface area (Å²) in [4.78, 5) is 41.6. The molecule has 1 aromatic heterocycles. The van der Waals surface area contributed by atoms with Gasteiger partial charge in [0.1, 0.15) is 5.76 Å². The van der Waals surface area contributed by atoms with Gasteiger partial charge in [-0.1, -0.05) is 0 Å². The fraction of sp³-hybridized carbons (Fsp3) is 0.650. The third-order valence-electron chi connectivity index (χ3n) is 5.41. The highest BCUT2D eigenvalue weighted by atomic mass is 19.4. The van der Waals surface area contributed by atoms with Gasteiger partial charge in [0.25, 0.3) is 0 Å². The Labute approximate surface area is 184 Å². The van der Waals surface area contributed by atoms with Crippen molar-refractivity contribution >= 4 is 17.9 Å². The monoisotopic (exact) mass is 462 g/mol. The lowest BCUT2D eigenvalue weighted by molar-refractivity contribution is -0.192. The fourth-order valence-corrected chi connectivity index (χ4v) is 4.03. The van der Waals surface area contributed by atoms with Crippen LogP contribution >= 0.6 is 0 Å². The molecule has 3 heterocycles. The first-order valence-electron chi connectivity index (χ1n) is 10.2. The molecule has 180 valence electrons. The Morgan fingerprint density at radius 1 is 1.22 bits per heavy atom. The smallest absolute Gasteiger partial charge is 0.475 e. The first kappa shape index (κ1) is 25.5. The lowest BCUT2D eigenvalue weighted by Crippen LogP contribution is -2.47. The number of aliphatic carboxylic acids is 1. The highest BCUT2D eigenvalue weighted by Crippen LogP contribution is 2.35. The second-order valence-electron chi connectivity index (χ2n) is 8.28. The topological polar surface area (TPSA) is 97.5 Å². The summed E-state index contributed by atoms with van der Waals surface area (Å²) in [6.45, 7) is 7.03. The Bertz CT molecular complexity index is 800. The van der Waals surface area contributed by atoms with E-state index in [4.69, 9.17) is 14.3 Å². The number of likely N-dealkylation sites (tertiary alicyclic amines) is 1. The van der Waals surface area contributed by atoms with Crippen molar-refractivity contribution in [2.75, 3.05) is 53.4 Å². The molecule has 3 rings (SSSR count). The largest absolute Gasteiger partial charge is 0.490 e. The average molecular weight is 462 g/mol. The van der Waals surface area contributed by atoms with Gasteiger partial charge in [0.15, 0.2) is 0 Å². The van der Waals surface area contributed by atoms with E-state index in [0.29, 0.717) is 32.6 Å². The van der Waals surface area contributed by atoms with Crippen LogP contribution in [0.2, 0.25) is 0 Å². The number of halogens is 3. The number of amides is 3. The summed E-state index contributed by atoms with van der Waals surface area (Å²) < 4.78 is 37.2. The van der Waals surface area contributed by atoms with Gasteiger partial charge >= 0.3 is 18.2 Å². The normalized spacial score (nSPS) is 21.9. The molecule has 0 aromatic carbocycles. The average Bonchev–Trinajstić information content (AvgIpc) is 3.26. The highest BCUT2D eigenvalue weighted by Gasteiger charge is 2.47. The Morgan fingerprint density at radius 2 is 1.88 bits per heavy atom. The van der Waals surface area contributed by atoms with Crippen molar-refractivity contribution in [1.82, 2.24) is 19.6 Å². The number of alkyl halides is 3. The van der Waals surface area contributed by atoms with Gasteiger partial charge in [-0.2, -0.15) is 13.2 Å². The van der Waals surface area contributed by atoms with Crippen LogP contribution in [0.3, 0.4) is 0 Å². The van der Waals surface area contributed by atoms with Crippen molar-refractivity contribution in [2.24, 2.45) is 5.41 Å². The van der Waals surface area contributed by atoms with Gasteiger partial charge in [0, 0.05) is 65.2 Å². The maximum absolute atomic E-state index is 12.6. The maximum Gasteiger partial charge on any atom is 0.490 e. The summed E-state index contributed by atoms with van der Waals surface area (Å²) in [6, 6.07) is 3.88. The Kier molecular flexibility index (Phi) is 8.16. The standard InChI is InChI=1S/C18H28N4O3.C2HF3O2/c1-4-21-13-18(10-16(21)23)12-20(11-15-6-5-9-25-15)7-8-22(14-18)17(24)19(2)3;3-2(4,5)1(6)7/h5-6,9H,4,7-8,10-14H2,1-3H3;(H,6,7). The molecule has 0 aliphatic carbocycles. The zero-order valence-electron chi connectivity index (χ0n) is 18.4. The number of furan rings is 1. The maximum atomic E-state index is 12.6. The molecule has 1 aromatic rings. The Balaban J connectivity index is 0.000000451. The van der Waals surface area contributed by atoms with Crippen LogP contribution in [-0.4, -0.2) is 102 Å². The summed E-state index contributed by atoms with van der Waals surface area (Å²) in [5.74, 6) is -1.65. The van der Waals surface area contributed by atoms with E-state index in [-0.39, 0.29) is 17.4 Å². The number of carbonyl (C=O) groups excluding carboxylic acids is 2. The minimum atomic E-state index is -5.08. The number of hydrogen-bond acceptors (Lipinski definition) is 5. The van der Waals surface area contributed by atoms with Gasteiger partial charge in [-0.3, -0.25) is 9.69 Å². The first-order valence-corrected chi connectivity index (χ1v) is 10.2. The Morgan fingerprint density at radius 3 is 2.34 bits per heavy atom. The number of urea groups is 1. The van der Waals surface area contributed by atoms with E-state index in [1.54, 1.807) is 25.3 Å². The van der Waals surface area contributed by atoms with Gasteiger partial charge in [0.05, 0.1) is 12.8 Å². The minimum Gasteiger partial charge on any atom is -0.475 e. The molecule has 1 atom stereocenters. The second-order valence-corrected chi connectivity index (χ2v) is 8.28. The van der Waals surface area contributed by atoms with Crippen molar-refractivity contribution in [3.05, 3.63) is 24.2 Å². The van der Waals surface area contributed by atoms with Gasteiger partial charge in [-0.25, -0.2) is 9.59 Å². The number of rotatable bonds is 3. The molecular formula is C20H29F3N4O5. The molecular weight excluding hydrogens is 433 g/mol. The minimum absolute atomic E-state index is 0.0154. The Hall–Kier alpha value is -2.76. The predicted molar refractivity (Wildman–Crippen MR) is 108 cm³/mol. The lowest BCUT2D eigenvalue weighted by Gasteiger charge is -2.34. The molecule has 2 aliphatic rings. The van der Waals surface area contributed by atoms with Crippen LogP contribution in [0, 0.1) is 5.41 Å². The van der Waals surface area contributed by atoms with Crippen LogP contribution < -0.4 is 0 Å². The van der Waals surface area contributed by atoms with Gasteiger partial charge in [-0.15, -0.1) is 0 Å². The van der Waals surface area contributed by atoms with E-state index in [0.717, 1.165) is 25.4 Å². The summed E-state index contributed by atoms with van der Waals surface area (Å²) in [7, 11) is 3.55. The zero-order chi connectivity index (χ0) is 24.1. The molecule has 0 saturated carbocycles. The molecule has 2 saturated heterocycles. The van der Waals surface area contributed by atoms with Crippen LogP contribution in [0.5, 0.6) is 0 Å². The van der Waals surface area contributed by atoms with Crippen molar-refractivity contribution in [1.29, 1.82) is 0 Å². The molecule has 12 heteroatoms. The quantitative estimate of drug-likeness (QED) is 0.738. The van der Waals surface area contributed by atoms with Gasteiger partial charge in [-0.05, 0) is 19.1 Å². The zero-order valence-corrected chi connectivity index (χ0v) is 18.4. The van der Waals surface area contributed by atoms with Crippen LogP contribution in [0.15, 0.2) is 22.8 Å². The van der Waals surface area contributed by atoms with Crippen molar-refractivity contribution in [3.8, 4) is 0 Å². The number of hydrogen-bond donors (Lipinski definition) is 1. The van der Waals surface area contributed by atoms with Crippen molar-refractivity contribution in [2.45, 2.75) is 26.1 Å². The van der Waals surface area contributed by atoms with E-state index in [1.165, 1.54) is 0 Å². The predicted octanol–water partition coefficient (Wildman–Crippen LogP) is 1.95. The molecule has 1 spiro atoms. The van der Waals surface area contributed by atoms with Crippen LogP contribution in [0.25, 0.3) is 0 Å². The molecule has 3 amide bonds. The molecule has 9 nitrogen and oxygen atoms in total. The van der Waals surface area contributed by atoms with E-state index >= 15 is 0 Å². The van der Waals surface area contributed by atoms with E-state index in [1.807, 2.05) is 28.9 Å². The van der Waals surface area contributed by atoms with E-state index in [9.17, 15) is 22.8 Å². The number of carboxylic acids is 1. The third kappa shape index (κ3) is 6.62. The molecule has 2 aliphatic heterocycles. The molecule has 1 unspecified atom stereocenters. The SMILES string of the molecule is CCN1CC2(CC1=O)CN(Cc1ccco1)CCN(C(=O)N(C)C)C2.O=C(O)C(F)(F)F. The number of carboxylic acid groups (broad SMARTS) is 1. The summed E-state index contributed by atoms with van der Waals surface area (Å²) in [5, 5.41) is 7.12. The molecule has 1 N–H and O–H groups in total. The van der Waals surface area contributed by atoms with Crippen LogP contribution in [0.4, 0.5) is 18.0 Å². The lowest BCUT2D eigenvalue weighted by atomic mass is 9.86. The number of nitrogens with zero attached hydrogens (tertiary/aromatic N) is 4. The summed E-state index contributed by atoms with van der Waals surface area (Å²) >= 11 is 0. The summed E-state index contributed by atoms with van der Waals surface area (Å²) in [5.41, 5.74) is -0.206. The van der Waals surface area contributed by atoms with Crippen molar-refractivity contribution in [3.63, 3.8) is 0 Å².